The first-order chi connectivity index (χ1) is 10.3. The third-order valence-corrected chi connectivity index (χ3v) is 4.80. The molecule has 0 spiro atoms. The van der Waals surface area contributed by atoms with E-state index in [1.807, 2.05) is 24.3 Å². The molecule has 0 aliphatic carbocycles. The van der Waals surface area contributed by atoms with Gasteiger partial charge >= 0.3 is 0 Å². The van der Waals surface area contributed by atoms with Crippen LogP contribution in [0.5, 0.6) is 0 Å². The Bertz CT molecular complexity index is 595. The Labute approximate surface area is 127 Å². The fourth-order valence-electron chi connectivity index (χ4n) is 2.74. The highest BCUT2D eigenvalue weighted by molar-refractivity contribution is 7.22. The predicted molar refractivity (Wildman–Crippen MR) is 84.5 cm³/mol. The highest BCUT2D eigenvalue weighted by Gasteiger charge is 2.23. The average Bonchev–Trinajstić information content (AvgIpc) is 2.89. The Morgan fingerprint density at radius 3 is 3.10 bits per heavy atom. The van der Waals surface area contributed by atoms with E-state index in [9.17, 15) is 9.90 Å². The number of fused-ring (bicyclic) bond motifs is 1. The second-order valence-corrected chi connectivity index (χ2v) is 6.37. The van der Waals surface area contributed by atoms with Crippen LogP contribution in [0.4, 0.5) is 5.13 Å². The second-order valence-electron chi connectivity index (χ2n) is 5.34. The van der Waals surface area contributed by atoms with Crippen LogP contribution in [0, 0.1) is 0 Å². The Hall–Kier alpha value is -1.50. The van der Waals surface area contributed by atoms with Crippen molar-refractivity contribution in [1.82, 2.24) is 9.88 Å². The standard InChI is InChI=1S/C15H19N3O2S/c19-10-11-5-3-4-8-18(11)9-14(20)17-15-16-12-6-1-2-7-13(12)21-15/h1-2,6-7,11,19H,3-5,8-10H2,(H,16,17,20). The van der Waals surface area contributed by atoms with E-state index >= 15 is 0 Å². The Morgan fingerprint density at radius 2 is 2.29 bits per heavy atom. The van der Waals surface area contributed by atoms with Gasteiger partial charge in [0.2, 0.25) is 5.91 Å². The van der Waals surface area contributed by atoms with E-state index in [1.165, 1.54) is 11.3 Å². The molecule has 112 valence electrons. The molecule has 0 saturated carbocycles. The number of hydrogen-bond acceptors (Lipinski definition) is 5. The molecule has 0 radical (unpaired) electrons. The van der Waals surface area contributed by atoms with Gasteiger partial charge in [-0.1, -0.05) is 29.9 Å². The van der Waals surface area contributed by atoms with Crippen molar-refractivity contribution in [2.75, 3.05) is 25.0 Å². The molecule has 21 heavy (non-hydrogen) atoms. The van der Waals surface area contributed by atoms with E-state index in [0.29, 0.717) is 11.7 Å². The summed E-state index contributed by atoms with van der Waals surface area (Å²) in [5.41, 5.74) is 0.906. The van der Waals surface area contributed by atoms with Crippen LogP contribution in [0.1, 0.15) is 19.3 Å². The summed E-state index contributed by atoms with van der Waals surface area (Å²) in [6, 6.07) is 7.95. The summed E-state index contributed by atoms with van der Waals surface area (Å²) in [7, 11) is 0. The number of nitrogens with zero attached hydrogens (tertiary/aromatic N) is 2. The smallest absolute Gasteiger partial charge is 0.240 e. The predicted octanol–water partition coefficient (Wildman–Crippen LogP) is 2.08. The van der Waals surface area contributed by atoms with Gasteiger partial charge in [0.25, 0.3) is 0 Å². The Balaban J connectivity index is 1.63. The van der Waals surface area contributed by atoms with Crippen LogP contribution in [-0.2, 0) is 4.79 Å². The maximum Gasteiger partial charge on any atom is 0.240 e. The lowest BCUT2D eigenvalue weighted by Crippen LogP contribution is -2.45. The fraction of sp³-hybridized carbons (Fsp3) is 0.467. The molecule has 1 aliphatic heterocycles. The Kier molecular flexibility index (Phi) is 4.48. The van der Waals surface area contributed by atoms with Crippen LogP contribution in [-0.4, -0.2) is 46.6 Å². The molecule has 1 amide bonds. The lowest BCUT2D eigenvalue weighted by atomic mass is 10.0. The zero-order valence-corrected chi connectivity index (χ0v) is 12.6. The average molecular weight is 305 g/mol. The summed E-state index contributed by atoms with van der Waals surface area (Å²) < 4.78 is 1.07. The van der Waals surface area contributed by atoms with Crippen molar-refractivity contribution in [3.8, 4) is 0 Å². The van der Waals surface area contributed by atoms with Gasteiger partial charge in [0.05, 0.1) is 23.4 Å². The molecule has 1 unspecified atom stereocenters. The van der Waals surface area contributed by atoms with Gasteiger partial charge in [-0.3, -0.25) is 9.69 Å². The van der Waals surface area contributed by atoms with Gasteiger partial charge in [-0.05, 0) is 31.5 Å². The molecule has 2 N–H and O–H groups in total. The zero-order chi connectivity index (χ0) is 14.7. The number of hydrogen-bond donors (Lipinski definition) is 2. The molecule has 2 aromatic rings. The molecule has 1 aliphatic rings. The number of aromatic nitrogens is 1. The normalized spacial score (nSPS) is 19.8. The molecule has 1 aromatic heterocycles. The monoisotopic (exact) mass is 305 g/mol. The van der Waals surface area contributed by atoms with Crippen molar-refractivity contribution >= 4 is 32.6 Å². The van der Waals surface area contributed by atoms with Crippen molar-refractivity contribution in [3.63, 3.8) is 0 Å². The first kappa shape index (κ1) is 14.4. The molecular weight excluding hydrogens is 286 g/mol. The number of anilines is 1. The number of para-hydroxylation sites is 1. The molecule has 1 atom stereocenters. The largest absolute Gasteiger partial charge is 0.395 e. The van der Waals surface area contributed by atoms with Gasteiger partial charge in [0.1, 0.15) is 0 Å². The Morgan fingerprint density at radius 1 is 1.43 bits per heavy atom. The van der Waals surface area contributed by atoms with Gasteiger partial charge in [-0.15, -0.1) is 0 Å². The molecule has 5 nitrogen and oxygen atoms in total. The number of rotatable bonds is 4. The summed E-state index contributed by atoms with van der Waals surface area (Å²) in [6.45, 7) is 1.31. The second kappa shape index (κ2) is 6.51. The molecule has 1 aromatic carbocycles. The molecule has 3 rings (SSSR count). The summed E-state index contributed by atoms with van der Waals surface area (Å²) >= 11 is 1.48. The highest BCUT2D eigenvalue weighted by atomic mass is 32.1. The van der Waals surface area contributed by atoms with Crippen LogP contribution in [0.15, 0.2) is 24.3 Å². The van der Waals surface area contributed by atoms with Crippen molar-refractivity contribution in [2.45, 2.75) is 25.3 Å². The van der Waals surface area contributed by atoms with Gasteiger partial charge in [0.15, 0.2) is 5.13 Å². The topological polar surface area (TPSA) is 65.5 Å². The third-order valence-electron chi connectivity index (χ3n) is 3.85. The number of carbonyl (C=O) groups is 1. The van der Waals surface area contributed by atoms with Crippen LogP contribution >= 0.6 is 11.3 Å². The van der Waals surface area contributed by atoms with Gasteiger partial charge in [0, 0.05) is 6.04 Å². The van der Waals surface area contributed by atoms with Crippen molar-refractivity contribution in [1.29, 1.82) is 0 Å². The van der Waals surface area contributed by atoms with E-state index in [-0.39, 0.29) is 18.6 Å². The van der Waals surface area contributed by atoms with Gasteiger partial charge in [-0.2, -0.15) is 0 Å². The lowest BCUT2D eigenvalue weighted by Gasteiger charge is -2.33. The van der Waals surface area contributed by atoms with Gasteiger partial charge in [-0.25, -0.2) is 4.98 Å². The highest BCUT2D eigenvalue weighted by Crippen LogP contribution is 2.25. The molecule has 2 heterocycles. The maximum atomic E-state index is 12.2. The molecular formula is C15H19N3O2S. The minimum absolute atomic E-state index is 0.0607. The van der Waals surface area contributed by atoms with Crippen LogP contribution in [0.2, 0.25) is 0 Å². The number of likely N-dealkylation sites (tertiary alicyclic amines) is 1. The first-order valence-corrected chi connectivity index (χ1v) is 8.08. The number of amides is 1. The van der Waals surface area contributed by atoms with Crippen LogP contribution < -0.4 is 5.32 Å². The summed E-state index contributed by atoms with van der Waals surface area (Å²) in [5, 5.41) is 12.9. The number of benzene rings is 1. The minimum atomic E-state index is -0.0607. The van der Waals surface area contributed by atoms with Crippen LogP contribution in [0.25, 0.3) is 10.2 Å². The van der Waals surface area contributed by atoms with Crippen molar-refractivity contribution < 1.29 is 9.90 Å². The number of aliphatic hydroxyl groups is 1. The SMILES string of the molecule is O=C(CN1CCCCC1CO)Nc1nc2ccccc2s1. The quantitative estimate of drug-likeness (QED) is 0.908. The van der Waals surface area contributed by atoms with E-state index in [0.717, 1.165) is 36.0 Å². The summed E-state index contributed by atoms with van der Waals surface area (Å²) in [6.07, 6.45) is 3.18. The minimum Gasteiger partial charge on any atom is -0.395 e. The zero-order valence-electron chi connectivity index (χ0n) is 11.8. The molecule has 1 fully saturated rings. The van der Waals surface area contributed by atoms with Crippen LogP contribution in [0.3, 0.4) is 0 Å². The molecule has 0 bridgehead atoms. The fourth-order valence-corrected chi connectivity index (χ4v) is 3.63. The molecule has 6 heteroatoms. The third kappa shape index (κ3) is 3.40. The number of piperidine rings is 1. The van der Waals surface area contributed by atoms with E-state index in [4.69, 9.17) is 0 Å². The van der Waals surface area contributed by atoms with Crippen molar-refractivity contribution in [3.05, 3.63) is 24.3 Å². The van der Waals surface area contributed by atoms with E-state index in [2.05, 4.69) is 15.2 Å². The van der Waals surface area contributed by atoms with E-state index in [1.54, 1.807) is 0 Å². The van der Waals surface area contributed by atoms with Crippen molar-refractivity contribution in [2.24, 2.45) is 0 Å². The maximum absolute atomic E-state index is 12.2. The number of carbonyl (C=O) groups excluding carboxylic acids is 1. The number of nitrogens with one attached hydrogen (secondary N) is 1. The van der Waals surface area contributed by atoms with E-state index < -0.39 is 0 Å². The molecule has 1 saturated heterocycles. The lowest BCUT2D eigenvalue weighted by molar-refractivity contribution is -0.118. The number of thiazole rings is 1. The summed E-state index contributed by atoms with van der Waals surface area (Å²) in [5.74, 6) is -0.0607. The number of aliphatic hydroxyl groups excluding tert-OH is 1. The van der Waals surface area contributed by atoms with Gasteiger partial charge < -0.3 is 10.4 Å². The summed E-state index contributed by atoms with van der Waals surface area (Å²) in [4.78, 5) is 18.6. The first-order valence-electron chi connectivity index (χ1n) is 7.26.